The Bertz CT molecular complexity index is 244. The molecule has 0 amide bonds. The Balaban J connectivity index is 4.01. The summed E-state index contributed by atoms with van der Waals surface area (Å²) in [5.41, 5.74) is 0. The summed E-state index contributed by atoms with van der Waals surface area (Å²) in [6.45, 7) is 11.3. The molecule has 0 heterocycles. The van der Waals surface area contributed by atoms with Crippen LogP contribution in [0.5, 0.6) is 0 Å². The maximum Gasteiger partial charge on any atom is 0.307 e. The molecular weight excluding hydrogens is 274 g/mol. The van der Waals surface area contributed by atoms with Gasteiger partial charge in [0.2, 0.25) is 0 Å². The summed E-state index contributed by atoms with van der Waals surface area (Å²) in [5.74, 6) is -0.288. The average molecular weight is 305 g/mol. The number of rotatable bonds is 13. The molecule has 0 rings (SSSR count). The molecule has 0 bridgehead atoms. The first-order valence-corrected chi connectivity index (χ1v) is 7.67. The first kappa shape index (κ1) is 20.3. The fraction of sp³-hybridized carbons (Fsp3) is 0.933. The highest BCUT2D eigenvalue weighted by molar-refractivity contribution is 5.69. The molecule has 0 spiro atoms. The second-order valence-corrected chi connectivity index (χ2v) is 5.37. The van der Waals surface area contributed by atoms with E-state index in [0.29, 0.717) is 26.2 Å². The topological polar surface area (TPSA) is 68.2 Å². The summed E-state index contributed by atoms with van der Waals surface area (Å²) in [6, 6.07) is 0. The van der Waals surface area contributed by atoms with E-state index in [2.05, 4.69) is 4.90 Å². The second kappa shape index (κ2) is 13.0. The lowest BCUT2D eigenvalue weighted by molar-refractivity contribution is -0.145. The second-order valence-electron chi connectivity index (χ2n) is 5.37. The maximum absolute atomic E-state index is 11.4. The van der Waals surface area contributed by atoms with Crippen LogP contribution in [0.15, 0.2) is 0 Å². The van der Waals surface area contributed by atoms with Gasteiger partial charge in [-0.25, -0.2) is 0 Å². The van der Waals surface area contributed by atoms with Gasteiger partial charge in [-0.1, -0.05) is 0 Å². The molecule has 21 heavy (non-hydrogen) atoms. The van der Waals surface area contributed by atoms with E-state index in [1.807, 2.05) is 27.7 Å². The first-order chi connectivity index (χ1) is 9.95. The molecule has 0 aromatic carbocycles. The highest BCUT2D eigenvalue weighted by atomic mass is 16.5. The molecule has 0 unspecified atom stereocenters. The molecule has 0 radical (unpaired) electrons. The summed E-state index contributed by atoms with van der Waals surface area (Å²) in [6.07, 6.45) is 0.713. The van der Waals surface area contributed by atoms with Gasteiger partial charge in [-0.15, -0.1) is 0 Å². The summed E-state index contributed by atoms with van der Waals surface area (Å²) < 4.78 is 15.9. The number of hydrogen-bond donors (Lipinski definition) is 1. The van der Waals surface area contributed by atoms with Crippen molar-refractivity contribution in [2.45, 2.75) is 46.3 Å². The third-order valence-corrected chi connectivity index (χ3v) is 2.70. The van der Waals surface area contributed by atoms with E-state index < -0.39 is 0 Å². The summed E-state index contributed by atoms with van der Waals surface area (Å²) in [7, 11) is 0. The third-order valence-electron chi connectivity index (χ3n) is 2.70. The van der Waals surface area contributed by atoms with Crippen molar-refractivity contribution in [2.24, 2.45) is 0 Å². The van der Waals surface area contributed by atoms with E-state index in [9.17, 15) is 4.79 Å². The van der Waals surface area contributed by atoms with Crippen LogP contribution in [0.4, 0.5) is 0 Å². The van der Waals surface area contributed by atoms with Crippen molar-refractivity contribution in [3.63, 3.8) is 0 Å². The molecule has 0 fully saturated rings. The van der Waals surface area contributed by atoms with Gasteiger partial charge >= 0.3 is 5.97 Å². The third kappa shape index (κ3) is 14.0. The Morgan fingerprint density at radius 2 is 1.48 bits per heavy atom. The molecular formula is C15H31NO5. The number of nitrogens with zero attached hydrogens (tertiary/aromatic N) is 1. The van der Waals surface area contributed by atoms with Crippen LogP contribution < -0.4 is 0 Å². The molecule has 6 nitrogen and oxygen atoms in total. The monoisotopic (exact) mass is 305 g/mol. The van der Waals surface area contributed by atoms with Gasteiger partial charge in [0.1, 0.15) is 6.61 Å². The van der Waals surface area contributed by atoms with Gasteiger partial charge in [0.15, 0.2) is 0 Å². The van der Waals surface area contributed by atoms with Crippen LogP contribution in [0.3, 0.4) is 0 Å². The number of hydrogen-bond acceptors (Lipinski definition) is 6. The smallest absolute Gasteiger partial charge is 0.307 e. The van der Waals surface area contributed by atoms with Crippen LogP contribution in [0.1, 0.15) is 34.1 Å². The van der Waals surface area contributed by atoms with Crippen LogP contribution >= 0.6 is 0 Å². The van der Waals surface area contributed by atoms with E-state index >= 15 is 0 Å². The predicted molar refractivity (Wildman–Crippen MR) is 81.3 cm³/mol. The summed E-state index contributed by atoms with van der Waals surface area (Å²) in [5, 5.41) is 8.61. The van der Waals surface area contributed by atoms with Crippen LogP contribution in [0, 0.1) is 0 Å². The van der Waals surface area contributed by atoms with Crippen LogP contribution in [0.25, 0.3) is 0 Å². The van der Waals surface area contributed by atoms with Crippen LogP contribution in [-0.2, 0) is 19.0 Å². The van der Waals surface area contributed by atoms with E-state index in [4.69, 9.17) is 19.3 Å². The fourth-order valence-corrected chi connectivity index (χ4v) is 1.65. The molecule has 0 aromatic heterocycles. The van der Waals surface area contributed by atoms with Crippen molar-refractivity contribution < 1.29 is 24.1 Å². The standard InChI is InChI=1S/C15H31NO5/c1-13(2)19-10-7-16(8-11-20-14(3)4)6-5-15(18)21-12-9-17/h13-14,17H,5-12H2,1-4H3. The van der Waals surface area contributed by atoms with E-state index in [1.165, 1.54) is 0 Å². The Hall–Kier alpha value is -0.690. The lowest BCUT2D eigenvalue weighted by atomic mass is 10.3. The first-order valence-electron chi connectivity index (χ1n) is 7.67. The number of esters is 1. The Morgan fingerprint density at radius 3 is 1.90 bits per heavy atom. The van der Waals surface area contributed by atoms with Gasteiger partial charge in [-0.05, 0) is 27.7 Å². The zero-order valence-corrected chi connectivity index (χ0v) is 13.8. The van der Waals surface area contributed by atoms with Gasteiger partial charge < -0.3 is 19.3 Å². The minimum atomic E-state index is -0.288. The van der Waals surface area contributed by atoms with Gasteiger partial charge in [-0.2, -0.15) is 0 Å². The lowest BCUT2D eigenvalue weighted by Crippen LogP contribution is -2.34. The van der Waals surface area contributed by atoms with Crippen molar-refractivity contribution in [3.8, 4) is 0 Å². The largest absolute Gasteiger partial charge is 0.463 e. The Labute approximate surface area is 128 Å². The predicted octanol–water partition coefficient (Wildman–Crippen LogP) is 1.06. The molecule has 1 N–H and O–H groups in total. The van der Waals surface area contributed by atoms with Gasteiger partial charge in [0.25, 0.3) is 0 Å². The zero-order chi connectivity index (χ0) is 16.1. The number of carbonyl (C=O) groups is 1. The highest BCUT2D eigenvalue weighted by Crippen LogP contribution is 1.98. The van der Waals surface area contributed by atoms with Gasteiger partial charge in [0.05, 0.1) is 38.4 Å². The van der Waals surface area contributed by atoms with Crippen molar-refractivity contribution >= 4 is 5.97 Å². The molecule has 0 saturated carbocycles. The average Bonchev–Trinajstić information content (AvgIpc) is 2.41. The molecule has 0 aromatic rings. The number of aliphatic hydroxyl groups excluding tert-OH is 1. The van der Waals surface area contributed by atoms with Crippen molar-refractivity contribution in [2.75, 3.05) is 46.1 Å². The van der Waals surface area contributed by atoms with Gasteiger partial charge in [-0.3, -0.25) is 9.69 Å². The van der Waals surface area contributed by atoms with E-state index in [1.54, 1.807) is 0 Å². The van der Waals surface area contributed by atoms with Crippen molar-refractivity contribution in [1.82, 2.24) is 4.90 Å². The molecule has 0 aliphatic carbocycles. The minimum Gasteiger partial charge on any atom is -0.463 e. The van der Waals surface area contributed by atoms with Crippen LogP contribution in [0.2, 0.25) is 0 Å². The molecule has 126 valence electrons. The molecule has 0 saturated heterocycles. The summed E-state index contributed by atoms with van der Waals surface area (Å²) in [4.78, 5) is 13.6. The maximum atomic E-state index is 11.4. The number of ether oxygens (including phenoxy) is 3. The van der Waals surface area contributed by atoms with E-state index in [0.717, 1.165) is 13.1 Å². The fourth-order valence-electron chi connectivity index (χ4n) is 1.65. The zero-order valence-electron chi connectivity index (χ0n) is 13.8. The van der Waals surface area contributed by atoms with Crippen molar-refractivity contribution in [1.29, 1.82) is 0 Å². The minimum absolute atomic E-state index is 0.0613. The normalized spacial score (nSPS) is 11.6. The van der Waals surface area contributed by atoms with Gasteiger partial charge in [0, 0.05) is 19.6 Å². The number of aliphatic hydroxyl groups is 1. The number of carbonyl (C=O) groups excluding carboxylic acids is 1. The molecule has 0 atom stereocenters. The summed E-state index contributed by atoms with van der Waals surface area (Å²) >= 11 is 0. The van der Waals surface area contributed by atoms with Crippen LogP contribution in [-0.4, -0.2) is 74.2 Å². The Kier molecular flexibility index (Phi) is 12.6. The molecule has 0 aliphatic heterocycles. The lowest BCUT2D eigenvalue weighted by Gasteiger charge is -2.23. The SMILES string of the molecule is CC(C)OCCN(CCOC(C)C)CCC(=O)OCCO. The molecule has 6 heteroatoms. The van der Waals surface area contributed by atoms with Crippen molar-refractivity contribution in [3.05, 3.63) is 0 Å². The highest BCUT2D eigenvalue weighted by Gasteiger charge is 2.10. The quantitative estimate of drug-likeness (QED) is 0.513. The van der Waals surface area contributed by atoms with E-state index in [-0.39, 0.29) is 31.4 Å². The molecule has 0 aliphatic rings. The Morgan fingerprint density at radius 1 is 0.952 bits per heavy atom.